The van der Waals surface area contributed by atoms with E-state index in [2.05, 4.69) is 27.7 Å². The third kappa shape index (κ3) is 3.35. The maximum Gasteiger partial charge on any atom is 0.348 e. The molecule has 2 saturated heterocycles. The molecule has 0 amide bonds. The van der Waals surface area contributed by atoms with Crippen molar-refractivity contribution in [1.29, 1.82) is 0 Å². The molecule has 1 spiro atoms. The standard InChI is InChI=1S/C29H45O6/c1-16-7-10-29(34-15-16)17(2)23-26(35-29)25(32)24-19-6-5-18-13-22(33-12-11-30)21(31)14-28(18,4)20(19)8-9-27(23,24)3/h11-12,16-26,31-32H,5-10,13-15H2,1-4H3/q+1/t16-,17-,18+,19-,20+,21-,22-,23+,24-,25+,26+,27-,28+,29-/m0/s1. The first kappa shape index (κ1) is 24.5. The molecule has 196 valence electrons. The van der Waals surface area contributed by atoms with Gasteiger partial charge in [0.2, 0.25) is 6.29 Å². The van der Waals surface area contributed by atoms with E-state index in [1.807, 2.05) is 0 Å². The SMILES string of the molecule is C[C@H]1CC[C@]2(OC1)O[C@H]1[C@H](O)[C@@H]3[C@H]4CC[C@@H]5C[C@H]([O+]=CC=O)[C@@H](O)C[C@@]5(C)[C@@H]4CC[C@@]3(C)[C@@H]1[C@@H]2C. The fourth-order valence-electron chi connectivity index (χ4n) is 10.6. The Labute approximate surface area is 209 Å². The van der Waals surface area contributed by atoms with E-state index < -0.39 is 18.0 Å². The molecule has 0 aromatic rings. The van der Waals surface area contributed by atoms with Gasteiger partial charge in [0.1, 0.15) is 6.10 Å². The summed E-state index contributed by atoms with van der Waals surface area (Å²) in [4.78, 5) is 10.8. The van der Waals surface area contributed by atoms with Crippen molar-refractivity contribution in [2.24, 2.45) is 52.3 Å². The van der Waals surface area contributed by atoms with Crippen LogP contribution in [0.3, 0.4) is 0 Å². The molecule has 6 heteroatoms. The number of aldehydes is 2. The highest BCUT2D eigenvalue weighted by Gasteiger charge is 2.72. The highest BCUT2D eigenvalue weighted by molar-refractivity contribution is 6.09. The summed E-state index contributed by atoms with van der Waals surface area (Å²) in [5, 5.41) is 22.8. The number of carbonyl (C=O) groups excluding carboxylic acids is 2. The summed E-state index contributed by atoms with van der Waals surface area (Å²) in [7, 11) is 0. The molecule has 2 aliphatic heterocycles. The van der Waals surface area contributed by atoms with Crippen LogP contribution in [0.2, 0.25) is 0 Å². The van der Waals surface area contributed by atoms with Gasteiger partial charge in [0, 0.05) is 24.7 Å². The smallest absolute Gasteiger partial charge is 0.348 e. The molecule has 14 atom stereocenters. The number of fused-ring (bicyclic) bond motifs is 7. The molecule has 4 aliphatic carbocycles. The van der Waals surface area contributed by atoms with E-state index in [4.69, 9.17) is 13.9 Å². The van der Waals surface area contributed by atoms with Crippen molar-refractivity contribution in [3.8, 4) is 0 Å². The Kier molecular flexibility index (Phi) is 5.84. The zero-order chi connectivity index (χ0) is 24.8. The predicted molar refractivity (Wildman–Crippen MR) is 130 cm³/mol. The van der Waals surface area contributed by atoms with Crippen LogP contribution in [0.25, 0.3) is 0 Å². The van der Waals surface area contributed by atoms with Crippen molar-refractivity contribution in [3.05, 3.63) is 0 Å². The molecule has 6 rings (SSSR count). The van der Waals surface area contributed by atoms with Crippen LogP contribution in [0, 0.1) is 52.3 Å². The van der Waals surface area contributed by atoms with E-state index in [0.717, 1.165) is 51.6 Å². The van der Waals surface area contributed by atoms with E-state index in [-0.39, 0.29) is 34.9 Å². The lowest BCUT2D eigenvalue weighted by molar-refractivity contribution is -0.521. The van der Waals surface area contributed by atoms with E-state index in [9.17, 15) is 15.0 Å². The van der Waals surface area contributed by atoms with Gasteiger partial charge in [0.15, 0.2) is 5.79 Å². The summed E-state index contributed by atoms with van der Waals surface area (Å²) in [5.74, 6) is 2.35. The van der Waals surface area contributed by atoms with Gasteiger partial charge in [-0.05, 0) is 78.9 Å². The molecule has 6 nitrogen and oxygen atoms in total. The number of carbonyl (C=O) groups is 1. The first-order valence-electron chi connectivity index (χ1n) is 14.2. The Morgan fingerprint density at radius 1 is 1.00 bits per heavy atom. The zero-order valence-corrected chi connectivity index (χ0v) is 21.9. The van der Waals surface area contributed by atoms with Gasteiger partial charge in [0.05, 0.1) is 18.8 Å². The van der Waals surface area contributed by atoms with Crippen molar-refractivity contribution in [1.82, 2.24) is 0 Å². The van der Waals surface area contributed by atoms with Crippen molar-refractivity contribution in [2.75, 3.05) is 6.61 Å². The minimum absolute atomic E-state index is 0.0401. The highest BCUT2D eigenvalue weighted by Crippen LogP contribution is 2.71. The Bertz CT molecular complexity index is 865. The van der Waals surface area contributed by atoms with Crippen LogP contribution in [0.1, 0.15) is 79.1 Å². The van der Waals surface area contributed by atoms with E-state index in [1.165, 1.54) is 6.29 Å². The molecule has 0 aromatic heterocycles. The number of hydrogen-bond acceptors (Lipinski definition) is 5. The lowest BCUT2D eigenvalue weighted by Gasteiger charge is -2.61. The molecule has 0 unspecified atom stereocenters. The van der Waals surface area contributed by atoms with Crippen molar-refractivity contribution >= 4 is 12.6 Å². The third-order valence-corrected chi connectivity index (χ3v) is 12.3. The monoisotopic (exact) mass is 489 g/mol. The summed E-state index contributed by atoms with van der Waals surface area (Å²) < 4.78 is 18.8. The molecule has 0 aromatic carbocycles. The lowest BCUT2D eigenvalue weighted by atomic mass is 9.44. The van der Waals surface area contributed by atoms with Crippen LogP contribution < -0.4 is 0 Å². The van der Waals surface area contributed by atoms with Crippen LogP contribution >= 0.6 is 0 Å². The molecule has 2 heterocycles. The average Bonchev–Trinajstić information content (AvgIpc) is 3.23. The summed E-state index contributed by atoms with van der Waals surface area (Å²) in [5.41, 5.74) is 0.0973. The minimum atomic E-state index is -0.554. The summed E-state index contributed by atoms with van der Waals surface area (Å²) in [6.07, 6.45) is 8.47. The summed E-state index contributed by atoms with van der Waals surface area (Å²) in [6.45, 7) is 10.1. The van der Waals surface area contributed by atoms with Gasteiger partial charge >= 0.3 is 6.29 Å². The van der Waals surface area contributed by atoms with Crippen molar-refractivity contribution in [2.45, 2.75) is 109 Å². The van der Waals surface area contributed by atoms with Crippen LogP contribution in [-0.2, 0) is 18.7 Å². The maximum absolute atomic E-state index is 11.9. The average molecular weight is 490 g/mol. The number of aliphatic hydroxyl groups excluding tert-OH is 2. The number of ether oxygens (including phenoxy) is 2. The molecule has 4 saturated carbocycles. The van der Waals surface area contributed by atoms with Gasteiger partial charge < -0.3 is 19.7 Å². The van der Waals surface area contributed by atoms with Crippen LogP contribution in [0.4, 0.5) is 0 Å². The first-order chi connectivity index (χ1) is 16.6. The maximum atomic E-state index is 11.9. The van der Waals surface area contributed by atoms with Gasteiger partial charge in [-0.1, -0.05) is 27.7 Å². The van der Waals surface area contributed by atoms with E-state index in [0.29, 0.717) is 42.3 Å². The fraction of sp³-hybridized carbons (Fsp3) is 0.931. The molecule has 2 N–H and O–H groups in total. The molecule has 6 aliphatic rings. The Morgan fingerprint density at radius 2 is 1.80 bits per heavy atom. The van der Waals surface area contributed by atoms with Crippen LogP contribution in [-0.4, -0.2) is 59.6 Å². The van der Waals surface area contributed by atoms with Gasteiger partial charge in [-0.2, -0.15) is 0 Å². The lowest BCUT2D eigenvalue weighted by Crippen LogP contribution is -2.58. The van der Waals surface area contributed by atoms with Gasteiger partial charge in [-0.15, -0.1) is 0 Å². The topological polar surface area (TPSA) is 87.3 Å². The molecule has 6 fully saturated rings. The summed E-state index contributed by atoms with van der Waals surface area (Å²) >= 11 is 0. The molecular formula is C29H45O6+. The van der Waals surface area contributed by atoms with Crippen LogP contribution in [0.5, 0.6) is 0 Å². The van der Waals surface area contributed by atoms with Gasteiger partial charge in [-0.3, -0.25) is 9.22 Å². The molecule has 35 heavy (non-hydrogen) atoms. The van der Waals surface area contributed by atoms with E-state index >= 15 is 0 Å². The predicted octanol–water partition coefficient (Wildman–Crippen LogP) is 3.68. The zero-order valence-electron chi connectivity index (χ0n) is 21.9. The highest BCUT2D eigenvalue weighted by atomic mass is 16.7. The first-order valence-corrected chi connectivity index (χ1v) is 14.2. The molecule has 0 radical (unpaired) electrons. The van der Waals surface area contributed by atoms with Gasteiger partial charge in [-0.25, -0.2) is 0 Å². The fourth-order valence-corrected chi connectivity index (χ4v) is 10.6. The second kappa shape index (κ2) is 8.34. The van der Waals surface area contributed by atoms with E-state index in [1.54, 1.807) is 0 Å². The Hall–Kier alpha value is -0.820. The Morgan fingerprint density at radius 3 is 2.51 bits per heavy atom. The second-order valence-electron chi connectivity index (χ2n) is 13.7. The number of hydrogen-bond donors (Lipinski definition) is 2. The van der Waals surface area contributed by atoms with Crippen molar-refractivity contribution < 1.29 is 28.9 Å². The van der Waals surface area contributed by atoms with Crippen LogP contribution in [0.15, 0.2) is 0 Å². The molecular weight excluding hydrogens is 444 g/mol. The molecule has 0 bridgehead atoms. The normalized spacial score (nSPS) is 59.7. The Balaban J connectivity index is 1.26. The number of rotatable bonds is 2. The second-order valence-corrected chi connectivity index (χ2v) is 13.7. The quantitative estimate of drug-likeness (QED) is 0.351. The van der Waals surface area contributed by atoms with Crippen molar-refractivity contribution in [3.63, 3.8) is 0 Å². The minimum Gasteiger partial charge on any atom is -0.390 e. The third-order valence-electron chi connectivity index (χ3n) is 12.3. The number of aliphatic hydroxyl groups is 2. The summed E-state index contributed by atoms with van der Waals surface area (Å²) in [6, 6.07) is 0. The largest absolute Gasteiger partial charge is 0.390 e. The van der Waals surface area contributed by atoms with Gasteiger partial charge in [0.25, 0.3) is 6.10 Å².